The standard InChI is InChI=1S/C57H48N2/c1-55(2)49-18-12-10-16-43(49)46-29-25-39(33-52(46)55)58-38-23-20-36(21-24-38)37-22-28-45-48-31-27-42(35-54(48)57(5,6)51(45)32-37)59(40-14-8-7-9-15-40)41-26-30-47-44-17-11-13-19-50(44)56(3,4)53(47)34-41/h7-35,58H,1-6H3. The minimum absolute atomic E-state index is 0.0233. The van der Waals surface area contributed by atoms with E-state index in [4.69, 9.17) is 0 Å². The van der Waals surface area contributed by atoms with Gasteiger partial charge >= 0.3 is 0 Å². The summed E-state index contributed by atoms with van der Waals surface area (Å²) in [6.07, 6.45) is 0. The van der Waals surface area contributed by atoms with E-state index in [0.29, 0.717) is 0 Å². The highest BCUT2D eigenvalue weighted by molar-refractivity contribution is 5.89. The first kappa shape index (κ1) is 35.5. The molecule has 0 radical (unpaired) electrons. The Morgan fingerprint density at radius 2 is 0.712 bits per heavy atom. The lowest BCUT2D eigenvalue weighted by Crippen LogP contribution is -2.18. The fourth-order valence-electron chi connectivity index (χ4n) is 10.6. The highest BCUT2D eigenvalue weighted by Gasteiger charge is 2.38. The Hall–Kier alpha value is -6.64. The molecule has 0 atom stereocenters. The highest BCUT2D eigenvalue weighted by Crippen LogP contribution is 2.54. The first-order valence-corrected chi connectivity index (χ1v) is 21.0. The highest BCUT2D eigenvalue weighted by atomic mass is 15.1. The van der Waals surface area contributed by atoms with Crippen LogP contribution in [0.15, 0.2) is 176 Å². The van der Waals surface area contributed by atoms with Crippen LogP contribution in [0.1, 0.15) is 74.9 Å². The van der Waals surface area contributed by atoms with Crippen molar-refractivity contribution in [2.24, 2.45) is 0 Å². The van der Waals surface area contributed by atoms with E-state index in [1.165, 1.54) is 89.3 Å². The molecule has 0 spiro atoms. The van der Waals surface area contributed by atoms with Crippen molar-refractivity contribution in [2.45, 2.75) is 57.8 Å². The van der Waals surface area contributed by atoms with Gasteiger partial charge in [-0.2, -0.15) is 0 Å². The lowest BCUT2D eigenvalue weighted by Gasteiger charge is -2.29. The first-order valence-electron chi connectivity index (χ1n) is 21.0. The van der Waals surface area contributed by atoms with Crippen molar-refractivity contribution in [1.82, 2.24) is 0 Å². The lowest BCUT2D eigenvalue weighted by molar-refractivity contribution is 0.660. The second kappa shape index (κ2) is 12.7. The Bertz CT molecular complexity index is 2980. The molecule has 3 aliphatic carbocycles. The number of hydrogen-bond acceptors (Lipinski definition) is 2. The van der Waals surface area contributed by atoms with Gasteiger partial charge in [-0.1, -0.05) is 151 Å². The lowest BCUT2D eigenvalue weighted by atomic mass is 9.81. The smallest absolute Gasteiger partial charge is 0.0465 e. The summed E-state index contributed by atoms with van der Waals surface area (Å²) in [5.41, 5.74) is 24.2. The van der Waals surface area contributed by atoms with Gasteiger partial charge in [-0.3, -0.25) is 0 Å². The maximum Gasteiger partial charge on any atom is 0.0465 e. The average Bonchev–Trinajstić information content (AvgIpc) is 3.73. The van der Waals surface area contributed by atoms with Crippen LogP contribution in [0.4, 0.5) is 28.4 Å². The molecule has 0 saturated heterocycles. The second-order valence-corrected chi connectivity index (χ2v) is 18.3. The summed E-state index contributed by atoms with van der Waals surface area (Å²) in [6.45, 7) is 14.2. The van der Waals surface area contributed by atoms with Crippen molar-refractivity contribution in [2.75, 3.05) is 10.2 Å². The van der Waals surface area contributed by atoms with E-state index in [9.17, 15) is 0 Å². The van der Waals surface area contributed by atoms with E-state index in [-0.39, 0.29) is 16.2 Å². The summed E-state index contributed by atoms with van der Waals surface area (Å²) in [7, 11) is 0. The zero-order valence-corrected chi connectivity index (χ0v) is 34.7. The molecule has 2 nitrogen and oxygen atoms in total. The van der Waals surface area contributed by atoms with Crippen molar-refractivity contribution in [3.8, 4) is 44.5 Å². The largest absolute Gasteiger partial charge is 0.356 e. The molecular weight excluding hydrogens is 713 g/mol. The fraction of sp³-hybridized carbons (Fsp3) is 0.158. The summed E-state index contributed by atoms with van der Waals surface area (Å²) in [5.74, 6) is 0. The molecule has 0 unspecified atom stereocenters. The van der Waals surface area contributed by atoms with Crippen molar-refractivity contribution in [3.05, 3.63) is 209 Å². The third kappa shape index (κ3) is 5.32. The van der Waals surface area contributed by atoms with Crippen LogP contribution < -0.4 is 10.2 Å². The van der Waals surface area contributed by atoms with Gasteiger partial charge in [0.1, 0.15) is 0 Å². The van der Waals surface area contributed by atoms with Crippen LogP contribution in [0.5, 0.6) is 0 Å². The Labute approximate surface area is 348 Å². The minimum Gasteiger partial charge on any atom is -0.356 e. The molecular formula is C57H48N2. The Morgan fingerprint density at radius 1 is 0.305 bits per heavy atom. The molecule has 0 saturated carbocycles. The molecule has 286 valence electrons. The number of anilines is 5. The summed E-state index contributed by atoms with van der Waals surface area (Å²) >= 11 is 0. The average molecular weight is 761 g/mol. The zero-order chi connectivity index (χ0) is 40.3. The van der Waals surface area contributed by atoms with Gasteiger partial charge in [-0.25, -0.2) is 0 Å². The van der Waals surface area contributed by atoms with E-state index in [1.807, 2.05) is 0 Å². The summed E-state index contributed by atoms with van der Waals surface area (Å²) < 4.78 is 0. The van der Waals surface area contributed by atoms with Crippen LogP contribution in [-0.4, -0.2) is 0 Å². The third-order valence-electron chi connectivity index (χ3n) is 13.8. The summed E-state index contributed by atoms with van der Waals surface area (Å²) in [5, 5.41) is 3.70. The molecule has 8 aromatic rings. The topological polar surface area (TPSA) is 15.3 Å². The number of benzene rings is 8. The van der Waals surface area contributed by atoms with Crippen LogP contribution in [0.3, 0.4) is 0 Å². The molecule has 11 rings (SSSR count). The second-order valence-electron chi connectivity index (χ2n) is 18.3. The van der Waals surface area contributed by atoms with Gasteiger partial charge in [-0.05, 0) is 145 Å². The molecule has 1 N–H and O–H groups in total. The Morgan fingerprint density at radius 3 is 1.29 bits per heavy atom. The Kier molecular flexibility index (Phi) is 7.63. The van der Waals surface area contributed by atoms with Crippen LogP contribution in [0, 0.1) is 0 Å². The van der Waals surface area contributed by atoms with E-state index >= 15 is 0 Å². The van der Waals surface area contributed by atoms with Gasteiger partial charge < -0.3 is 10.2 Å². The van der Waals surface area contributed by atoms with Gasteiger partial charge in [0.25, 0.3) is 0 Å². The first-order chi connectivity index (χ1) is 28.5. The normalized spacial score (nSPS) is 15.4. The van der Waals surface area contributed by atoms with E-state index in [2.05, 4.69) is 228 Å². The van der Waals surface area contributed by atoms with Gasteiger partial charge in [0, 0.05) is 44.7 Å². The molecule has 0 fully saturated rings. The third-order valence-corrected chi connectivity index (χ3v) is 13.8. The quantitative estimate of drug-likeness (QED) is 0.182. The van der Waals surface area contributed by atoms with E-state index < -0.39 is 0 Å². The molecule has 3 aliphatic rings. The zero-order valence-electron chi connectivity index (χ0n) is 34.7. The van der Waals surface area contributed by atoms with Gasteiger partial charge in [-0.15, -0.1) is 0 Å². The minimum atomic E-state index is -0.177. The molecule has 0 aromatic heterocycles. The maximum atomic E-state index is 3.70. The molecule has 0 heterocycles. The molecule has 2 heteroatoms. The van der Waals surface area contributed by atoms with E-state index in [0.717, 1.165) is 17.1 Å². The van der Waals surface area contributed by atoms with Crippen LogP contribution in [0.2, 0.25) is 0 Å². The number of nitrogens with zero attached hydrogens (tertiary/aromatic N) is 1. The maximum absolute atomic E-state index is 3.70. The monoisotopic (exact) mass is 760 g/mol. The summed E-state index contributed by atoms with van der Waals surface area (Å²) in [6, 6.07) is 65.5. The SMILES string of the molecule is CC1(C)c2ccccc2-c2ccc(Nc3ccc(-c4ccc5c(c4)C(C)(C)c4cc(N(c6ccccc6)c6ccc7c(c6)C(C)(C)c6ccccc6-7)ccc4-5)cc3)cc21. The van der Waals surface area contributed by atoms with E-state index in [1.54, 1.807) is 0 Å². The predicted octanol–water partition coefficient (Wildman–Crippen LogP) is 15.5. The van der Waals surface area contributed by atoms with Gasteiger partial charge in [0.05, 0.1) is 0 Å². The molecule has 0 amide bonds. The predicted molar refractivity (Wildman–Crippen MR) is 249 cm³/mol. The fourth-order valence-corrected chi connectivity index (χ4v) is 10.6. The van der Waals surface area contributed by atoms with Crippen LogP contribution in [-0.2, 0) is 16.2 Å². The van der Waals surface area contributed by atoms with Crippen molar-refractivity contribution < 1.29 is 0 Å². The van der Waals surface area contributed by atoms with Crippen molar-refractivity contribution in [3.63, 3.8) is 0 Å². The number of rotatable bonds is 6. The summed E-state index contributed by atoms with van der Waals surface area (Å²) in [4.78, 5) is 2.43. The van der Waals surface area contributed by atoms with Gasteiger partial charge in [0.15, 0.2) is 0 Å². The van der Waals surface area contributed by atoms with Crippen molar-refractivity contribution >= 4 is 28.4 Å². The Balaban J connectivity index is 0.895. The van der Waals surface area contributed by atoms with Crippen molar-refractivity contribution in [1.29, 1.82) is 0 Å². The van der Waals surface area contributed by atoms with Gasteiger partial charge in [0.2, 0.25) is 0 Å². The number of fused-ring (bicyclic) bond motifs is 9. The number of hydrogen-bond donors (Lipinski definition) is 1. The molecule has 0 bridgehead atoms. The number of nitrogens with one attached hydrogen (secondary N) is 1. The molecule has 0 aliphatic heterocycles. The number of para-hydroxylation sites is 1. The molecule has 59 heavy (non-hydrogen) atoms. The molecule has 8 aromatic carbocycles. The van der Waals surface area contributed by atoms with Crippen LogP contribution in [0.25, 0.3) is 44.5 Å². The van der Waals surface area contributed by atoms with Crippen LogP contribution >= 0.6 is 0 Å².